The van der Waals surface area contributed by atoms with E-state index in [1.165, 1.54) is 6.07 Å². The van der Waals surface area contributed by atoms with Gasteiger partial charge in [-0.1, -0.05) is 0 Å². The molecular weight excluding hydrogens is 272 g/mol. The van der Waals surface area contributed by atoms with E-state index in [-0.39, 0.29) is 29.3 Å². The first-order chi connectivity index (χ1) is 8.88. The molecule has 0 bridgehead atoms. The van der Waals surface area contributed by atoms with Crippen molar-refractivity contribution in [1.29, 1.82) is 0 Å². The predicted molar refractivity (Wildman–Crippen MR) is 69.3 cm³/mol. The number of benzene rings is 1. The molecule has 0 heterocycles. The van der Waals surface area contributed by atoms with Crippen LogP contribution in [0.2, 0.25) is 0 Å². The van der Waals surface area contributed by atoms with Crippen LogP contribution >= 0.6 is 0 Å². The van der Waals surface area contributed by atoms with Gasteiger partial charge in [-0.3, -0.25) is 0 Å². The molecule has 8 heteroatoms. The Bertz CT molecular complexity index is 556. The Morgan fingerprint density at radius 3 is 2.58 bits per heavy atom. The van der Waals surface area contributed by atoms with Gasteiger partial charge in [0.15, 0.2) is 0 Å². The highest BCUT2D eigenvalue weighted by Crippen LogP contribution is 2.19. The Kier molecular flexibility index (Phi) is 5.28. The lowest BCUT2D eigenvalue weighted by molar-refractivity contribution is 0.0692. The van der Waals surface area contributed by atoms with E-state index in [0.29, 0.717) is 12.8 Å². The van der Waals surface area contributed by atoms with Crippen LogP contribution in [-0.2, 0) is 10.0 Å². The summed E-state index contributed by atoms with van der Waals surface area (Å²) in [4.78, 5) is 10.6. The summed E-state index contributed by atoms with van der Waals surface area (Å²) in [6.45, 7) is 0.0944. The van der Waals surface area contributed by atoms with Crippen molar-refractivity contribution in [1.82, 2.24) is 4.72 Å². The molecule has 0 aromatic heterocycles. The number of carboxylic acid groups (broad SMARTS) is 1. The molecular formula is C11H16N2O5S. The normalized spacial score (nSPS) is 11.4. The number of sulfonamides is 1. The number of anilines is 1. The number of nitrogens with two attached hydrogens (primary N) is 1. The quantitative estimate of drug-likeness (QED) is 0.413. The van der Waals surface area contributed by atoms with Crippen molar-refractivity contribution in [2.75, 3.05) is 18.9 Å². The summed E-state index contributed by atoms with van der Waals surface area (Å²) in [6.07, 6.45) is 0.922. The van der Waals surface area contributed by atoms with Crippen LogP contribution in [0.5, 0.6) is 0 Å². The smallest absolute Gasteiger partial charge is 0.337 e. The SMILES string of the molecule is Nc1ccc(C(=O)O)c(S(=O)(=O)NCCCCO)c1. The maximum Gasteiger partial charge on any atom is 0.337 e. The van der Waals surface area contributed by atoms with E-state index in [9.17, 15) is 13.2 Å². The Morgan fingerprint density at radius 2 is 2.00 bits per heavy atom. The topological polar surface area (TPSA) is 130 Å². The van der Waals surface area contributed by atoms with Gasteiger partial charge in [0.1, 0.15) is 0 Å². The van der Waals surface area contributed by atoms with Gasteiger partial charge in [0.05, 0.1) is 10.5 Å². The molecule has 1 aromatic carbocycles. The molecule has 0 aliphatic heterocycles. The molecule has 1 aromatic rings. The summed E-state index contributed by atoms with van der Waals surface area (Å²) < 4.78 is 26.2. The third-order valence-corrected chi connectivity index (χ3v) is 3.90. The van der Waals surface area contributed by atoms with Crippen molar-refractivity contribution in [3.8, 4) is 0 Å². The summed E-state index contributed by atoms with van der Waals surface area (Å²) >= 11 is 0. The number of nitrogen functional groups attached to an aromatic ring is 1. The molecule has 0 saturated carbocycles. The molecule has 5 N–H and O–H groups in total. The average Bonchev–Trinajstić information content (AvgIpc) is 2.34. The number of unbranched alkanes of at least 4 members (excludes halogenated alkanes) is 1. The number of hydrogen-bond acceptors (Lipinski definition) is 5. The maximum atomic E-state index is 12.0. The van der Waals surface area contributed by atoms with Gasteiger partial charge < -0.3 is 15.9 Å². The van der Waals surface area contributed by atoms with Crippen LogP contribution < -0.4 is 10.5 Å². The van der Waals surface area contributed by atoms with Gasteiger partial charge in [0.2, 0.25) is 10.0 Å². The van der Waals surface area contributed by atoms with Crippen molar-refractivity contribution in [2.45, 2.75) is 17.7 Å². The van der Waals surface area contributed by atoms with Gasteiger partial charge in [-0.25, -0.2) is 17.9 Å². The van der Waals surface area contributed by atoms with E-state index >= 15 is 0 Å². The average molecular weight is 288 g/mol. The van der Waals surface area contributed by atoms with Crippen LogP contribution in [0.15, 0.2) is 23.1 Å². The van der Waals surface area contributed by atoms with Crippen molar-refractivity contribution in [3.05, 3.63) is 23.8 Å². The van der Waals surface area contributed by atoms with Crippen molar-refractivity contribution in [2.24, 2.45) is 0 Å². The van der Waals surface area contributed by atoms with Gasteiger partial charge in [0, 0.05) is 18.8 Å². The molecule has 0 amide bonds. The zero-order valence-corrected chi connectivity index (χ0v) is 11.0. The van der Waals surface area contributed by atoms with Crippen LogP contribution in [0.3, 0.4) is 0 Å². The second kappa shape index (κ2) is 6.50. The van der Waals surface area contributed by atoms with Crippen LogP contribution in [0.1, 0.15) is 23.2 Å². The lowest BCUT2D eigenvalue weighted by Crippen LogP contribution is -2.26. The minimum Gasteiger partial charge on any atom is -0.478 e. The highest BCUT2D eigenvalue weighted by Gasteiger charge is 2.22. The molecule has 0 saturated heterocycles. The molecule has 0 radical (unpaired) electrons. The van der Waals surface area contributed by atoms with Crippen molar-refractivity contribution in [3.63, 3.8) is 0 Å². The molecule has 0 aliphatic carbocycles. The maximum absolute atomic E-state index is 12.0. The standard InChI is InChI=1S/C11H16N2O5S/c12-8-3-4-9(11(15)16)10(7-8)19(17,18)13-5-1-2-6-14/h3-4,7,13-14H,1-2,5-6,12H2,(H,15,16). The van der Waals surface area contributed by atoms with Gasteiger partial charge in [-0.05, 0) is 31.0 Å². The van der Waals surface area contributed by atoms with E-state index in [1.807, 2.05) is 0 Å². The Labute approximate surface area is 111 Å². The first-order valence-electron chi connectivity index (χ1n) is 5.62. The summed E-state index contributed by atoms with van der Waals surface area (Å²) in [5, 5.41) is 17.6. The Hall–Kier alpha value is -1.64. The number of aliphatic hydroxyl groups is 1. The number of aromatic carboxylic acids is 1. The first-order valence-corrected chi connectivity index (χ1v) is 7.10. The third kappa shape index (κ3) is 4.19. The van der Waals surface area contributed by atoms with Gasteiger partial charge in [-0.15, -0.1) is 0 Å². The van der Waals surface area contributed by atoms with E-state index in [0.717, 1.165) is 12.1 Å². The highest BCUT2D eigenvalue weighted by atomic mass is 32.2. The fourth-order valence-corrected chi connectivity index (χ4v) is 2.76. The second-order valence-corrected chi connectivity index (χ2v) is 5.62. The highest BCUT2D eigenvalue weighted by molar-refractivity contribution is 7.89. The van der Waals surface area contributed by atoms with Gasteiger partial charge in [0.25, 0.3) is 0 Å². The van der Waals surface area contributed by atoms with Crippen molar-refractivity contribution >= 4 is 21.7 Å². The summed E-state index contributed by atoms with van der Waals surface area (Å²) in [5.74, 6) is -1.34. The summed E-state index contributed by atoms with van der Waals surface area (Å²) in [5.41, 5.74) is 5.32. The Balaban J connectivity index is 3.00. The van der Waals surface area contributed by atoms with Crippen LogP contribution in [0.25, 0.3) is 0 Å². The monoisotopic (exact) mass is 288 g/mol. The van der Waals surface area contributed by atoms with Crippen LogP contribution in [0.4, 0.5) is 5.69 Å². The Morgan fingerprint density at radius 1 is 1.32 bits per heavy atom. The summed E-state index contributed by atoms with van der Waals surface area (Å²) in [7, 11) is -3.93. The lowest BCUT2D eigenvalue weighted by atomic mass is 10.2. The largest absolute Gasteiger partial charge is 0.478 e. The first kappa shape index (κ1) is 15.4. The minimum absolute atomic E-state index is 0.0274. The zero-order chi connectivity index (χ0) is 14.5. The van der Waals surface area contributed by atoms with Crippen molar-refractivity contribution < 1.29 is 23.4 Å². The molecule has 0 unspecified atom stereocenters. The zero-order valence-electron chi connectivity index (χ0n) is 10.2. The number of rotatable bonds is 7. The number of carbonyl (C=O) groups is 1. The molecule has 19 heavy (non-hydrogen) atoms. The molecule has 106 valence electrons. The second-order valence-electron chi connectivity index (χ2n) is 3.89. The fraction of sp³-hybridized carbons (Fsp3) is 0.364. The van der Waals surface area contributed by atoms with Gasteiger partial charge in [-0.2, -0.15) is 0 Å². The fourth-order valence-electron chi connectivity index (χ4n) is 1.46. The molecule has 0 spiro atoms. The van der Waals surface area contributed by atoms with Gasteiger partial charge >= 0.3 is 5.97 Å². The van der Waals surface area contributed by atoms with E-state index in [2.05, 4.69) is 4.72 Å². The minimum atomic E-state index is -3.93. The number of aliphatic hydroxyl groups excluding tert-OH is 1. The van der Waals surface area contributed by atoms with Crippen LogP contribution in [-0.4, -0.2) is 37.8 Å². The molecule has 0 atom stereocenters. The van der Waals surface area contributed by atoms with E-state index < -0.39 is 16.0 Å². The molecule has 0 aliphatic rings. The summed E-state index contributed by atoms with van der Waals surface area (Å²) in [6, 6.07) is 3.59. The number of carboxylic acids is 1. The molecule has 1 rings (SSSR count). The van der Waals surface area contributed by atoms with E-state index in [4.69, 9.17) is 15.9 Å². The molecule has 7 nitrogen and oxygen atoms in total. The molecule has 0 fully saturated rings. The van der Waals surface area contributed by atoms with Crippen LogP contribution in [0, 0.1) is 0 Å². The predicted octanol–water partition coefficient (Wildman–Crippen LogP) is 0.0178. The van der Waals surface area contributed by atoms with E-state index in [1.54, 1.807) is 0 Å². The number of nitrogens with one attached hydrogen (secondary N) is 1. The third-order valence-electron chi connectivity index (χ3n) is 2.40. The number of hydrogen-bond donors (Lipinski definition) is 4. The lowest BCUT2D eigenvalue weighted by Gasteiger charge is -2.09.